The third-order valence-electron chi connectivity index (χ3n) is 2.03. The Morgan fingerprint density at radius 3 is 2.80 bits per heavy atom. The Morgan fingerprint density at radius 1 is 1.33 bits per heavy atom. The zero-order valence-corrected chi connectivity index (χ0v) is 9.39. The van der Waals surface area contributed by atoms with Crippen molar-refractivity contribution in [2.75, 3.05) is 5.88 Å². The molecule has 0 saturated heterocycles. The molecule has 2 nitrogen and oxygen atoms in total. The van der Waals surface area contributed by atoms with Crippen LogP contribution in [0.2, 0.25) is 0 Å². The average molecular weight is 242 g/mol. The fourth-order valence-electron chi connectivity index (χ4n) is 1.30. The predicted octanol–water partition coefficient (Wildman–Crippen LogP) is 3.08. The van der Waals surface area contributed by atoms with Crippen molar-refractivity contribution in [3.8, 4) is 0 Å². The lowest BCUT2D eigenvalue weighted by Crippen LogP contribution is -2.00. The van der Waals surface area contributed by atoms with E-state index in [0.29, 0.717) is 5.56 Å². The number of nitrogens with zero attached hydrogens (tertiary/aromatic N) is 1. The van der Waals surface area contributed by atoms with Crippen LogP contribution in [0.5, 0.6) is 0 Å². The van der Waals surface area contributed by atoms with Crippen molar-refractivity contribution >= 4 is 40.7 Å². The summed E-state index contributed by atoms with van der Waals surface area (Å²) in [5, 5.41) is 0.962. The van der Waals surface area contributed by atoms with Crippen LogP contribution in [0.3, 0.4) is 0 Å². The first-order chi connectivity index (χ1) is 6.81. The Labute approximate surface area is 98.7 Å². The summed E-state index contributed by atoms with van der Waals surface area (Å²) in [6, 6.07) is 9.47. The number of halogens is 2. The summed E-state index contributed by atoms with van der Waals surface area (Å²) in [6.45, 7) is 0. The molecule has 78 valence electrons. The highest BCUT2D eigenvalue weighted by molar-refractivity contribution is 6.30. The number of hydrogen-bond donors (Lipinski definition) is 0. The Kier molecular flexibility index (Phi) is 4.06. The average Bonchev–Trinajstić information content (AvgIpc) is 2.27. The molecule has 0 saturated carbocycles. The number of carbonyl (C=O) groups excluding carboxylic acids is 1. The van der Waals surface area contributed by atoms with Crippen molar-refractivity contribution in [2.45, 2.75) is 0 Å². The number of alkyl halides is 1. The van der Waals surface area contributed by atoms with Gasteiger partial charge < -0.3 is 0 Å². The molecule has 0 aliphatic rings. The minimum absolute atomic E-state index is 0. The molecular weight excluding hydrogens is 233 g/mol. The molecule has 0 unspecified atom stereocenters. The Balaban J connectivity index is 0.00000112. The summed E-state index contributed by atoms with van der Waals surface area (Å²) in [5.41, 5.74) is 1.46. The number of hydrogen-bond acceptors (Lipinski definition) is 2. The van der Waals surface area contributed by atoms with Gasteiger partial charge in [-0.1, -0.05) is 18.2 Å². The number of ketones is 1. The second-order valence-electron chi connectivity index (χ2n) is 2.97. The first kappa shape index (κ1) is 12.0. The van der Waals surface area contributed by atoms with Crippen LogP contribution in [0.1, 0.15) is 10.4 Å². The van der Waals surface area contributed by atoms with E-state index in [1.54, 1.807) is 6.20 Å². The van der Waals surface area contributed by atoms with E-state index < -0.39 is 0 Å². The van der Waals surface area contributed by atoms with Crippen LogP contribution in [0.15, 0.2) is 36.5 Å². The number of aromatic nitrogens is 1. The van der Waals surface area contributed by atoms with Crippen molar-refractivity contribution in [1.29, 1.82) is 0 Å². The monoisotopic (exact) mass is 241 g/mol. The highest BCUT2D eigenvalue weighted by Crippen LogP contribution is 2.13. The normalized spacial score (nSPS) is 9.67. The second-order valence-corrected chi connectivity index (χ2v) is 3.24. The lowest BCUT2D eigenvalue weighted by molar-refractivity contribution is 0.102. The summed E-state index contributed by atoms with van der Waals surface area (Å²) >= 11 is 5.46. The summed E-state index contributed by atoms with van der Waals surface area (Å²) in [6.07, 6.45) is 1.56. The van der Waals surface area contributed by atoms with Crippen LogP contribution in [-0.4, -0.2) is 16.6 Å². The molecule has 1 aromatic heterocycles. The quantitative estimate of drug-likeness (QED) is 0.598. The minimum Gasteiger partial charge on any atom is -0.293 e. The van der Waals surface area contributed by atoms with Gasteiger partial charge in [-0.05, 0) is 12.1 Å². The van der Waals surface area contributed by atoms with Crippen LogP contribution in [0, 0.1) is 0 Å². The van der Waals surface area contributed by atoms with Crippen LogP contribution in [0.4, 0.5) is 0 Å². The smallest absolute Gasteiger partial charge is 0.179 e. The van der Waals surface area contributed by atoms with Gasteiger partial charge in [-0.3, -0.25) is 9.78 Å². The number of carbonyl (C=O) groups is 1. The van der Waals surface area contributed by atoms with Gasteiger partial charge in [-0.15, -0.1) is 24.0 Å². The Hall–Kier alpha value is -1.12. The van der Waals surface area contributed by atoms with Gasteiger partial charge in [0.2, 0.25) is 0 Å². The zero-order chi connectivity index (χ0) is 9.97. The summed E-state index contributed by atoms with van der Waals surface area (Å²) in [4.78, 5) is 15.5. The van der Waals surface area contributed by atoms with Crippen molar-refractivity contribution in [1.82, 2.24) is 4.98 Å². The lowest BCUT2D eigenvalue weighted by atomic mass is 10.1. The van der Waals surface area contributed by atoms with E-state index in [4.69, 9.17) is 11.6 Å². The van der Waals surface area contributed by atoms with Crippen molar-refractivity contribution < 1.29 is 4.79 Å². The summed E-state index contributed by atoms with van der Waals surface area (Å²) in [5.74, 6) is -0.0926. The third-order valence-corrected chi connectivity index (χ3v) is 2.28. The highest BCUT2D eigenvalue weighted by Gasteiger charge is 2.04. The molecule has 2 aromatic rings. The molecule has 1 aromatic carbocycles. The Morgan fingerprint density at radius 2 is 2.07 bits per heavy atom. The largest absolute Gasteiger partial charge is 0.293 e. The van der Waals surface area contributed by atoms with Crippen molar-refractivity contribution in [3.63, 3.8) is 0 Å². The van der Waals surface area contributed by atoms with Crippen LogP contribution in [0.25, 0.3) is 10.9 Å². The lowest BCUT2D eigenvalue weighted by Gasteiger charge is -1.99. The molecule has 0 amide bonds. The van der Waals surface area contributed by atoms with Gasteiger partial charge in [0.1, 0.15) is 0 Å². The van der Waals surface area contributed by atoms with Crippen LogP contribution >= 0.6 is 24.0 Å². The number of fused-ring (bicyclic) bond motifs is 1. The number of Topliss-reactive ketones (excluding diaryl/α,β-unsaturated/α-hetero) is 1. The maximum atomic E-state index is 11.3. The van der Waals surface area contributed by atoms with E-state index in [2.05, 4.69) is 4.98 Å². The van der Waals surface area contributed by atoms with Gasteiger partial charge in [-0.25, -0.2) is 0 Å². The second kappa shape index (κ2) is 5.10. The predicted molar refractivity (Wildman–Crippen MR) is 64.0 cm³/mol. The summed E-state index contributed by atoms with van der Waals surface area (Å²) < 4.78 is 0. The van der Waals surface area contributed by atoms with E-state index in [1.807, 2.05) is 30.3 Å². The fraction of sp³-hybridized carbons (Fsp3) is 0.0909. The van der Waals surface area contributed by atoms with Crippen molar-refractivity contribution in [2.24, 2.45) is 0 Å². The van der Waals surface area contributed by atoms with E-state index >= 15 is 0 Å². The molecule has 4 heteroatoms. The molecular formula is C11H9Cl2NO. The standard InChI is InChI=1S/C11H8ClNO.ClH/c12-6-11(14)9-5-8-3-1-2-4-10(8)13-7-9;/h1-5,7H,6H2;1H. The summed E-state index contributed by atoms with van der Waals surface area (Å²) in [7, 11) is 0. The van der Waals surface area contributed by atoms with Gasteiger partial charge in [-0.2, -0.15) is 0 Å². The molecule has 0 fully saturated rings. The molecule has 0 radical (unpaired) electrons. The number of rotatable bonds is 2. The van der Waals surface area contributed by atoms with E-state index in [9.17, 15) is 4.79 Å². The highest BCUT2D eigenvalue weighted by atomic mass is 35.5. The van der Waals surface area contributed by atoms with E-state index in [1.165, 1.54) is 0 Å². The third kappa shape index (κ3) is 2.46. The molecule has 0 bridgehead atoms. The topological polar surface area (TPSA) is 30.0 Å². The fourth-order valence-corrected chi connectivity index (χ4v) is 1.45. The SMILES string of the molecule is Cl.O=C(CCl)c1cnc2ccccc2c1. The Bertz CT molecular complexity index is 485. The van der Waals surface area contributed by atoms with E-state index in [-0.39, 0.29) is 24.1 Å². The minimum atomic E-state index is -0.0927. The maximum absolute atomic E-state index is 11.3. The zero-order valence-electron chi connectivity index (χ0n) is 7.81. The van der Waals surface area contributed by atoms with Crippen LogP contribution in [-0.2, 0) is 0 Å². The molecule has 0 aliphatic heterocycles. The molecule has 0 spiro atoms. The first-order valence-corrected chi connectivity index (χ1v) is 4.78. The molecule has 0 aliphatic carbocycles. The van der Waals surface area contributed by atoms with Gasteiger partial charge in [0.25, 0.3) is 0 Å². The maximum Gasteiger partial charge on any atom is 0.179 e. The number of pyridine rings is 1. The number of benzene rings is 1. The van der Waals surface area contributed by atoms with Gasteiger partial charge >= 0.3 is 0 Å². The molecule has 1 heterocycles. The molecule has 0 N–H and O–H groups in total. The van der Waals surface area contributed by atoms with Crippen molar-refractivity contribution in [3.05, 3.63) is 42.1 Å². The molecule has 15 heavy (non-hydrogen) atoms. The van der Waals surface area contributed by atoms with Gasteiger partial charge in [0.15, 0.2) is 5.78 Å². The molecule has 0 atom stereocenters. The van der Waals surface area contributed by atoms with Crippen LogP contribution < -0.4 is 0 Å². The molecule has 2 rings (SSSR count). The first-order valence-electron chi connectivity index (χ1n) is 4.25. The van der Waals surface area contributed by atoms with E-state index in [0.717, 1.165) is 10.9 Å². The van der Waals surface area contributed by atoms with Gasteiger partial charge in [0.05, 0.1) is 11.4 Å². The number of para-hydroxylation sites is 1. The van der Waals surface area contributed by atoms with Gasteiger partial charge in [0, 0.05) is 17.1 Å².